The number of amides is 1. The summed E-state index contributed by atoms with van der Waals surface area (Å²) < 4.78 is 5.38. The normalized spacial score (nSPS) is 13.0. The lowest BCUT2D eigenvalue weighted by molar-refractivity contribution is -0.139. The molecule has 3 aromatic carbocycles. The Morgan fingerprint density at radius 3 is 2.03 bits per heavy atom. The molecule has 0 aromatic heterocycles. The second-order valence-corrected chi connectivity index (χ2v) is 7.93. The van der Waals surface area contributed by atoms with Crippen LogP contribution in [0.3, 0.4) is 0 Å². The molecule has 0 bridgehead atoms. The number of carbonyl (C=O) groups excluding carboxylic acids is 2. The number of carboxylic acid groups (broad SMARTS) is 1. The predicted molar refractivity (Wildman–Crippen MR) is 120 cm³/mol. The van der Waals surface area contributed by atoms with Crippen molar-refractivity contribution in [2.24, 2.45) is 0 Å². The van der Waals surface area contributed by atoms with E-state index in [1.165, 1.54) is 12.1 Å². The number of fused-ring (bicyclic) bond motifs is 3. The first-order valence-electron chi connectivity index (χ1n) is 10.1. The van der Waals surface area contributed by atoms with Crippen molar-refractivity contribution in [2.45, 2.75) is 18.4 Å². The molecule has 162 valence electrons. The summed E-state index contributed by atoms with van der Waals surface area (Å²) in [7, 11) is 0. The minimum atomic E-state index is -1.41. The topological polar surface area (TPSA) is 92.7 Å². The molecular weight excluding hydrogens is 430 g/mol. The Hall–Kier alpha value is -3.64. The first kappa shape index (κ1) is 21.6. The van der Waals surface area contributed by atoms with Crippen LogP contribution < -0.4 is 5.32 Å². The number of carboxylic acids is 1. The number of benzene rings is 3. The number of hydrogen-bond donors (Lipinski definition) is 2. The van der Waals surface area contributed by atoms with Gasteiger partial charge in [0, 0.05) is 22.9 Å². The van der Waals surface area contributed by atoms with Gasteiger partial charge in [0.2, 0.25) is 0 Å². The number of ether oxygens (including phenoxy) is 1. The Kier molecular flexibility index (Phi) is 6.23. The summed E-state index contributed by atoms with van der Waals surface area (Å²) in [5.41, 5.74) is 4.60. The minimum absolute atomic E-state index is 0.0529. The number of alkyl carbamates (subject to hydrolysis) is 1. The van der Waals surface area contributed by atoms with Gasteiger partial charge in [-0.2, -0.15) is 0 Å². The number of Topliss-reactive ketones (excluding diaryl/α,β-unsaturated/α-hetero) is 1. The van der Waals surface area contributed by atoms with Crippen LogP contribution in [0.15, 0.2) is 72.8 Å². The van der Waals surface area contributed by atoms with Gasteiger partial charge in [-0.3, -0.25) is 4.79 Å². The lowest BCUT2D eigenvalue weighted by atomic mass is 9.98. The molecule has 1 unspecified atom stereocenters. The van der Waals surface area contributed by atoms with E-state index >= 15 is 0 Å². The van der Waals surface area contributed by atoms with Crippen molar-refractivity contribution in [2.75, 3.05) is 6.61 Å². The van der Waals surface area contributed by atoms with Gasteiger partial charge in [-0.05, 0) is 46.5 Å². The number of hydrogen-bond acceptors (Lipinski definition) is 4. The smallest absolute Gasteiger partial charge is 0.407 e. The Morgan fingerprint density at radius 2 is 1.47 bits per heavy atom. The zero-order valence-electron chi connectivity index (χ0n) is 17.0. The SMILES string of the molecule is O=C(NC(CC(=O)c1ccc(Cl)cc1)C(=O)O)OCC1c2ccccc2-c2ccccc21. The standard InChI is InChI=1S/C25H20ClNO5/c26-16-11-9-15(10-12-16)23(28)13-22(24(29)30)27-25(31)32-14-21-19-7-3-1-5-17(19)18-6-2-4-8-20(18)21/h1-12,21-22H,13-14H2,(H,27,31)(H,29,30). The molecule has 6 nitrogen and oxygen atoms in total. The van der Waals surface area contributed by atoms with Crippen molar-refractivity contribution in [3.05, 3.63) is 94.5 Å². The fourth-order valence-corrected chi connectivity index (χ4v) is 4.05. The van der Waals surface area contributed by atoms with Crippen molar-refractivity contribution in [1.82, 2.24) is 5.32 Å². The van der Waals surface area contributed by atoms with E-state index in [1.807, 2.05) is 48.5 Å². The molecule has 2 N–H and O–H groups in total. The molecule has 1 atom stereocenters. The van der Waals surface area contributed by atoms with E-state index < -0.39 is 30.3 Å². The van der Waals surface area contributed by atoms with Crippen LogP contribution in [0.2, 0.25) is 5.02 Å². The number of rotatable bonds is 7. The maximum atomic E-state index is 12.4. The second kappa shape index (κ2) is 9.24. The number of ketones is 1. The zero-order chi connectivity index (χ0) is 22.7. The molecule has 7 heteroatoms. The van der Waals surface area contributed by atoms with Gasteiger partial charge in [-0.25, -0.2) is 9.59 Å². The third kappa shape index (κ3) is 4.50. The zero-order valence-corrected chi connectivity index (χ0v) is 17.7. The lowest BCUT2D eigenvalue weighted by Gasteiger charge is -2.17. The van der Waals surface area contributed by atoms with Gasteiger partial charge in [0.05, 0.1) is 0 Å². The second-order valence-electron chi connectivity index (χ2n) is 7.49. The molecule has 1 aliphatic rings. The molecule has 3 aromatic rings. The number of nitrogens with one attached hydrogen (secondary N) is 1. The van der Waals surface area contributed by atoms with Gasteiger partial charge in [0.25, 0.3) is 0 Å². The van der Waals surface area contributed by atoms with Crippen molar-refractivity contribution < 1.29 is 24.2 Å². The highest BCUT2D eigenvalue weighted by molar-refractivity contribution is 6.30. The summed E-state index contributed by atoms with van der Waals surface area (Å²) >= 11 is 5.81. The summed E-state index contributed by atoms with van der Waals surface area (Å²) in [6.07, 6.45) is -1.29. The Labute approximate surface area is 189 Å². The Morgan fingerprint density at radius 1 is 0.906 bits per heavy atom. The van der Waals surface area contributed by atoms with Gasteiger partial charge >= 0.3 is 12.1 Å². The number of halogens is 1. The summed E-state index contributed by atoms with van der Waals surface area (Å²) in [5.74, 6) is -1.89. The fraction of sp³-hybridized carbons (Fsp3) is 0.160. The van der Waals surface area contributed by atoms with Crippen LogP contribution in [0, 0.1) is 0 Å². The van der Waals surface area contributed by atoms with Crippen molar-refractivity contribution in [3.63, 3.8) is 0 Å². The molecule has 4 rings (SSSR count). The molecule has 0 heterocycles. The van der Waals surface area contributed by atoms with Crippen LogP contribution in [0.25, 0.3) is 11.1 Å². The van der Waals surface area contributed by atoms with E-state index in [-0.39, 0.29) is 12.5 Å². The molecular formula is C25H20ClNO5. The number of aliphatic carboxylic acids is 1. The molecule has 1 aliphatic carbocycles. The molecule has 0 radical (unpaired) electrons. The molecule has 32 heavy (non-hydrogen) atoms. The summed E-state index contributed by atoms with van der Waals surface area (Å²) in [6.45, 7) is 0.0529. The molecule has 1 amide bonds. The maximum absolute atomic E-state index is 12.4. The quantitative estimate of drug-likeness (QED) is 0.500. The largest absolute Gasteiger partial charge is 0.480 e. The average Bonchev–Trinajstić information content (AvgIpc) is 3.11. The molecule has 0 fully saturated rings. The Bertz CT molecular complexity index is 1130. The van der Waals surface area contributed by atoms with Gasteiger partial charge in [-0.1, -0.05) is 60.1 Å². The van der Waals surface area contributed by atoms with E-state index in [0.29, 0.717) is 10.6 Å². The van der Waals surface area contributed by atoms with Crippen molar-refractivity contribution in [3.8, 4) is 11.1 Å². The van der Waals surface area contributed by atoms with Crippen molar-refractivity contribution in [1.29, 1.82) is 0 Å². The van der Waals surface area contributed by atoms with E-state index in [4.69, 9.17) is 16.3 Å². The summed E-state index contributed by atoms with van der Waals surface area (Å²) in [5, 5.41) is 12.2. The van der Waals surface area contributed by atoms with E-state index in [1.54, 1.807) is 12.1 Å². The van der Waals surface area contributed by atoms with E-state index in [0.717, 1.165) is 22.3 Å². The summed E-state index contributed by atoms with van der Waals surface area (Å²) in [6, 6.07) is 20.5. The fourth-order valence-electron chi connectivity index (χ4n) is 3.92. The molecule has 0 saturated carbocycles. The van der Waals surface area contributed by atoms with Crippen LogP contribution in [-0.2, 0) is 9.53 Å². The van der Waals surface area contributed by atoms with Crippen LogP contribution in [0.1, 0.15) is 33.8 Å². The van der Waals surface area contributed by atoms with Gasteiger partial charge in [0.15, 0.2) is 5.78 Å². The molecule has 0 saturated heterocycles. The first-order valence-corrected chi connectivity index (χ1v) is 10.4. The Balaban J connectivity index is 1.41. The highest BCUT2D eigenvalue weighted by Crippen LogP contribution is 2.44. The average molecular weight is 450 g/mol. The van der Waals surface area contributed by atoms with Crippen molar-refractivity contribution >= 4 is 29.4 Å². The maximum Gasteiger partial charge on any atom is 0.407 e. The van der Waals surface area contributed by atoms with Gasteiger partial charge in [-0.15, -0.1) is 0 Å². The monoisotopic (exact) mass is 449 g/mol. The highest BCUT2D eigenvalue weighted by Gasteiger charge is 2.30. The highest BCUT2D eigenvalue weighted by atomic mass is 35.5. The lowest BCUT2D eigenvalue weighted by Crippen LogP contribution is -2.42. The van der Waals surface area contributed by atoms with Crippen LogP contribution in [0.4, 0.5) is 4.79 Å². The van der Waals surface area contributed by atoms with Crippen LogP contribution >= 0.6 is 11.6 Å². The van der Waals surface area contributed by atoms with Gasteiger partial charge in [0.1, 0.15) is 12.6 Å². The minimum Gasteiger partial charge on any atom is -0.480 e. The number of carbonyl (C=O) groups is 3. The van der Waals surface area contributed by atoms with Gasteiger partial charge < -0.3 is 15.2 Å². The summed E-state index contributed by atoms with van der Waals surface area (Å²) in [4.78, 5) is 36.4. The van der Waals surface area contributed by atoms with Crippen LogP contribution in [0.5, 0.6) is 0 Å². The third-order valence-electron chi connectivity index (χ3n) is 5.49. The third-order valence-corrected chi connectivity index (χ3v) is 5.74. The van der Waals surface area contributed by atoms with E-state index in [9.17, 15) is 19.5 Å². The first-order chi connectivity index (χ1) is 15.4. The molecule has 0 spiro atoms. The van der Waals surface area contributed by atoms with Crippen LogP contribution in [-0.4, -0.2) is 35.6 Å². The molecule has 0 aliphatic heterocycles. The van der Waals surface area contributed by atoms with E-state index in [2.05, 4.69) is 5.32 Å². The predicted octanol–water partition coefficient (Wildman–Crippen LogP) is 4.90.